The average molecular weight is 401 g/mol. The first-order chi connectivity index (χ1) is 12.0. The fraction of sp³-hybridized carbons (Fsp3) is 0.300. The van der Waals surface area contributed by atoms with Gasteiger partial charge in [0, 0.05) is 23.6 Å². The molecule has 0 radical (unpaired) electrons. The van der Waals surface area contributed by atoms with E-state index in [0.29, 0.717) is 6.54 Å². The highest BCUT2D eigenvalue weighted by Crippen LogP contribution is 2.32. The molecule has 5 heteroatoms. The van der Waals surface area contributed by atoms with Gasteiger partial charge in [-0.2, -0.15) is 0 Å². The molecule has 0 fully saturated rings. The first kappa shape index (κ1) is 17.7. The molecule has 2 aromatic rings. The molecule has 25 heavy (non-hydrogen) atoms. The van der Waals surface area contributed by atoms with Crippen LogP contribution in [-0.4, -0.2) is 23.3 Å². The highest BCUT2D eigenvalue weighted by molar-refractivity contribution is 9.10. The van der Waals surface area contributed by atoms with Crippen molar-refractivity contribution in [1.29, 1.82) is 0 Å². The van der Waals surface area contributed by atoms with E-state index in [0.717, 1.165) is 27.7 Å². The van der Waals surface area contributed by atoms with Crippen molar-refractivity contribution < 1.29 is 9.59 Å². The van der Waals surface area contributed by atoms with E-state index < -0.39 is 0 Å². The Bertz CT molecular complexity index is 819. The molecule has 1 atom stereocenters. The molecule has 0 aromatic heterocycles. The molecule has 0 saturated carbocycles. The van der Waals surface area contributed by atoms with E-state index in [4.69, 9.17) is 0 Å². The van der Waals surface area contributed by atoms with Crippen LogP contribution < -0.4 is 5.32 Å². The van der Waals surface area contributed by atoms with Gasteiger partial charge >= 0.3 is 0 Å². The van der Waals surface area contributed by atoms with Crippen LogP contribution >= 0.6 is 15.9 Å². The van der Waals surface area contributed by atoms with Crippen LogP contribution in [0.15, 0.2) is 46.9 Å². The summed E-state index contributed by atoms with van der Waals surface area (Å²) in [7, 11) is 0. The lowest BCUT2D eigenvalue weighted by Gasteiger charge is -2.36. The van der Waals surface area contributed by atoms with Gasteiger partial charge < -0.3 is 10.2 Å². The fourth-order valence-electron chi connectivity index (χ4n) is 3.39. The summed E-state index contributed by atoms with van der Waals surface area (Å²) in [6.07, 6.45) is 1.09. The zero-order valence-corrected chi connectivity index (χ0v) is 16.0. The van der Waals surface area contributed by atoms with E-state index in [1.807, 2.05) is 43.3 Å². The number of carbonyl (C=O) groups is 2. The second kappa shape index (κ2) is 7.40. The molecule has 1 aliphatic heterocycles. The number of nitrogens with zero attached hydrogens (tertiary/aromatic N) is 1. The monoisotopic (exact) mass is 400 g/mol. The molecule has 130 valence electrons. The van der Waals surface area contributed by atoms with Gasteiger partial charge in [0.2, 0.25) is 11.8 Å². The molecule has 1 heterocycles. The van der Waals surface area contributed by atoms with Crippen LogP contribution in [0.4, 0.5) is 5.69 Å². The Morgan fingerprint density at radius 2 is 2.00 bits per heavy atom. The number of aryl methyl sites for hydroxylation is 1. The predicted octanol–water partition coefficient (Wildman–Crippen LogP) is 4.23. The Labute approximate surface area is 156 Å². The number of fused-ring (bicyclic) bond motifs is 1. The van der Waals surface area contributed by atoms with Crippen LogP contribution in [0.3, 0.4) is 0 Å². The van der Waals surface area contributed by atoms with Gasteiger partial charge in [-0.1, -0.05) is 40.2 Å². The SMILES string of the molecule is CC(=O)N1CCc2ccccc2C1CC(=O)Nc1ccc(Br)cc1C. The third-order valence-electron chi connectivity index (χ3n) is 4.66. The van der Waals surface area contributed by atoms with Crippen LogP contribution in [0.2, 0.25) is 0 Å². The number of anilines is 1. The van der Waals surface area contributed by atoms with Crippen molar-refractivity contribution in [3.63, 3.8) is 0 Å². The largest absolute Gasteiger partial charge is 0.335 e. The van der Waals surface area contributed by atoms with E-state index in [-0.39, 0.29) is 24.3 Å². The third-order valence-corrected chi connectivity index (χ3v) is 5.15. The number of amides is 2. The van der Waals surface area contributed by atoms with Gasteiger partial charge in [-0.15, -0.1) is 0 Å². The summed E-state index contributed by atoms with van der Waals surface area (Å²) in [5.74, 6) is -0.0782. The normalized spacial score (nSPS) is 16.3. The van der Waals surface area contributed by atoms with Gasteiger partial charge in [0.25, 0.3) is 0 Å². The lowest BCUT2D eigenvalue weighted by atomic mass is 9.90. The van der Waals surface area contributed by atoms with Gasteiger partial charge in [-0.25, -0.2) is 0 Å². The molecule has 1 aliphatic rings. The first-order valence-electron chi connectivity index (χ1n) is 8.36. The number of carbonyl (C=O) groups excluding carboxylic acids is 2. The molecule has 2 amide bonds. The number of hydrogen-bond acceptors (Lipinski definition) is 2. The molecule has 2 aromatic carbocycles. The van der Waals surface area contributed by atoms with Crippen molar-refractivity contribution in [1.82, 2.24) is 4.90 Å². The Balaban J connectivity index is 1.81. The van der Waals surface area contributed by atoms with Gasteiger partial charge in [-0.05, 0) is 48.2 Å². The van der Waals surface area contributed by atoms with Gasteiger partial charge in [0.05, 0.1) is 12.5 Å². The summed E-state index contributed by atoms with van der Waals surface area (Å²) < 4.78 is 0.979. The van der Waals surface area contributed by atoms with Gasteiger partial charge in [-0.3, -0.25) is 9.59 Å². The van der Waals surface area contributed by atoms with E-state index >= 15 is 0 Å². The molecule has 1 N–H and O–H groups in total. The molecule has 1 unspecified atom stereocenters. The van der Waals surface area contributed by atoms with Crippen LogP contribution in [0, 0.1) is 6.92 Å². The van der Waals surface area contributed by atoms with E-state index in [1.165, 1.54) is 5.56 Å². The van der Waals surface area contributed by atoms with Crippen molar-refractivity contribution in [3.05, 3.63) is 63.6 Å². The number of benzene rings is 2. The molecular formula is C20H21BrN2O2. The summed E-state index contributed by atoms with van der Waals surface area (Å²) in [4.78, 5) is 26.5. The Hall–Kier alpha value is -2.14. The maximum atomic E-state index is 12.6. The average Bonchev–Trinajstić information content (AvgIpc) is 2.57. The molecule has 4 nitrogen and oxygen atoms in total. The number of halogens is 1. The van der Waals surface area contributed by atoms with E-state index in [2.05, 4.69) is 27.3 Å². The number of rotatable bonds is 3. The van der Waals surface area contributed by atoms with Gasteiger partial charge in [0.15, 0.2) is 0 Å². The van der Waals surface area contributed by atoms with Crippen molar-refractivity contribution in [3.8, 4) is 0 Å². The lowest BCUT2D eigenvalue weighted by molar-refractivity contribution is -0.132. The quantitative estimate of drug-likeness (QED) is 0.837. The molecule has 3 rings (SSSR count). The zero-order valence-electron chi connectivity index (χ0n) is 14.4. The van der Waals surface area contributed by atoms with E-state index in [9.17, 15) is 9.59 Å². The van der Waals surface area contributed by atoms with Crippen molar-refractivity contribution in [2.45, 2.75) is 32.7 Å². The zero-order chi connectivity index (χ0) is 18.0. The maximum absolute atomic E-state index is 12.6. The molecule has 0 aliphatic carbocycles. The minimum atomic E-state index is -0.210. The van der Waals surface area contributed by atoms with Crippen LogP contribution in [0.25, 0.3) is 0 Å². The third kappa shape index (κ3) is 3.93. The first-order valence-corrected chi connectivity index (χ1v) is 9.16. The highest BCUT2D eigenvalue weighted by Gasteiger charge is 2.30. The van der Waals surface area contributed by atoms with E-state index in [1.54, 1.807) is 11.8 Å². The standard InChI is InChI=1S/C20H21BrN2O2/c1-13-11-16(21)7-8-18(13)22-20(25)12-19-17-6-4-3-5-15(17)9-10-23(19)14(2)24/h3-8,11,19H,9-10,12H2,1-2H3,(H,22,25). The van der Waals surface area contributed by atoms with Crippen LogP contribution in [-0.2, 0) is 16.0 Å². The Morgan fingerprint density at radius 3 is 2.72 bits per heavy atom. The Kier molecular flexibility index (Phi) is 5.23. The van der Waals surface area contributed by atoms with Crippen molar-refractivity contribution >= 4 is 33.4 Å². The summed E-state index contributed by atoms with van der Waals surface area (Å²) in [5, 5.41) is 2.98. The summed E-state index contributed by atoms with van der Waals surface area (Å²) >= 11 is 3.43. The molecule has 0 bridgehead atoms. The maximum Gasteiger partial charge on any atom is 0.226 e. The summed E-state index contributed by atoms with van der Waals surface area (Å²) in [6.45, 7) is 4.18. The highest BCUT2D eigenvalue weighted by atomic mass is 79.9. The topological polar surface area (TPSA) is 49.4 Å². The second-order valence-electron chi connectivity index (χ2n) is 6.39. The second-order valence-corrected chi connectivity index (χ2v) is 7.30. The smallest absolute Gasteiger partial charge is 0.226 e. The number of nitrogens with one attached hydrogen (secondary N) is 1. The number of hydrogen-bond donors (Lipinski definition) is 1. The van der Waals surface area contributed by atoms with Gasteiger partial charge in [0.1, 0.15) is 0 Å². The minimum Gasteiger partial charge on any atom is -0.335 e. The Morgan fingerprint density at radius 1 is 1.24 bits per heavy atom. The predicted molar refractivity (Wildman–Crippen MR) is 102 cm³/mol. The van der Waals surface area contributed by atoms with Crippen molar-refractivity contribution in [2.75, 3.05) is 11.9 Å². The summed E-state index contributed by atoms with van der Waals surface area (Å²) in [6, 6.07) is 13.6. The lowest BCUT2D eigenvalue weighted by Crippen LogP contribution is -2.40. The molecule has 0 saturated heterocycles. The fourth-order valence-corrected chi connectivity index (χ4v) is 3.87. The summed E-state index contributed by atoms with van der Waals surface area (Å²) in [5.41, 5.74) is 4.09. The molecular weight excluding hydrogens is 380 g/mol. The molecule has 0 spiro atoms. The van der Waals surface area contributed by atoms with Crippen molar-refractivity contribution in [2.24, 2.45) is 0 Å². The van der Waals surface area contributed by atoms with Crippen LogP contribution in [0.1, 0.15) is 36.1 Å². The van der Waals surface area contributed by atoms with Crippen LogP contribution in [0.5, 0.6) is 0 Å². The minimum absolute atomic E-state index is 0.00660.